The van der Waals surface area contributed by atoms with Gasteiger partial charge in [0.05, 0.1) is 18.3 Å². The van der Waals surface area contributed by atoms with Crippen molar-refractivity contribution in [2.45, 2.75) is 19.4 Å². The standard InChI is InChI=1S/C11H16N2O5/c1-2-6(5-14)12-11(18)13-7-3-8(15)10(17)9(16)4-7/h3-4,6,14-17H,2,5H2,1H3,(H2,12,13,18). The summed E-state index contributed by atoms with van der Waals surface area (Å²) in [6.07, 6.45) is 0.565. The van der Waals surface area contributed by atoms with Crippen LogP contribution in [-0.4, -0.2) is 39.1 Å². The number of carbonyl (C=O) groups excluding carboxylic acids is 1. The summed E-state index contributed by atoms with van der Waals surface area (Å²) in [5.41, 5.74) is 0.119. The molecule has 0 heterocycles. The van der Waals surface area contributed by atoms with Crippen molar-refractivity contribution in [1.82, 2.24) is 5.32 Å². The molecule has 2 amide bonds. The van der Waals surface area contributed by atoms with Gasteiger partial charge in [0.2, 0.25) is 0 Å². The summed E-state index contributed by atoms with van der Waals surface area (Å²) >= 11 is 0. The average molecular weight is 256 g/mol. The van der Waals surface area contributed by atoms with Gasteiger partial charge >= 0.3 is 6.03 Å². The van der Waals surface area contributed by atoms with Gasteiger partial charge in [-0.1, -0.05) is 6.92 Å². The van der Waals surface area contributed by atoms with Crippen LogP contribution in [0, 0.1) is 0 Å². The minimum Gasteiger partial charge on any atom is -0.504 e. The number of benzene rings is 1. The Hall–Kier alpha value is -2.15. The Labute approximate surface area is 104 Å². The van der Waals surface area contributed by atoms with Gasteiger partial charge in [-0.3, -0.25) is 0 Å². The highest BCUT2D eigenvalue weighted by atomic mass is 16.3. The molecular formula is C11H16N2O5. The van der Waals surface area contributed by atoms with Crippen LogP contribution in [0.3, 0.4) is 0 Å². The van der Waals surface area contributed by atoms with Gasteiger partial charge in [-0.15, -0.1) is 0 Å². The van der Waals surface area contributed by atoms with Crippen LogP contribution in [0.5, 0.6) is 17.2 Å². The maximum Gasteiger partial charge on any atom is 0.319 e. The van der Waals surface area contributed by atoms with Crippen LogP contribution in [0.1, 0.15) is 13.3 Å². The van der Waals surface area contributed by atoms with Gasteiger partial charge in [0.25, 0.3) is 0 Å². The topological polar surface area (TPSA) is 122 Å². The van der Waals surface area contributed by atoms with Crippen LogP contribution in [0.15, 0.2) is 12.1 Å². The van der Waals surface area contributed by atoms with Crippen molar-refractivity contribution in [3.63, 3.8) is 0 Å². The quantitative estimate of drug-likeness (QED) is 0.349. The Bertz CT molecular complexity index is 408. The van der Waals surface area contributed by atoms with Crippen LogP contribution in [0.2, 0.25) is 0 Å². The number of nitrogens with one attached hydrogen (secondary N) is 2. The highest BCUT2D eigenvalue weighted by Crippen LogP contribution is 2.37. The molecule has 0 aliphatic rings. The number of phenolic OH excluding ortho intramolecular Hbond substituents is 3. The first-order chi connectivity index (χ1) is 8.47. The van der Waals surface area contributed by atoms with Crippen molar-refractivity contribution in [3.8, 4) is 17.2 Å². The fourth-order valence-electron chi connectivity index (χ4n) is 1.31. The number of anilines is 1. The second-order valence-corrected chi connectivity index (χ2v) is 3.75. The zero-order chi connectivity index (χ0) is 13.7. The largest absolute Gasteiger partial charge is 0.504 e. The van der Waals surface area contributed by atoms with E-state index in [2.05, 4.69) is 10.6 Å². The van der Waals surface area contributed by atoms with Gasteiger partial charge in [-0.05, 0) is 6.42 Å². The molecule has 0 bridgehead atoms. The molecule has 6 N–H and O–H groups in total. The molecule has 100 valence electrons. The highest BCUT2D eigenvalue weighted by Gasteiger charge is 2.12. The van der Waals surface area contributed by atoms with Gasteiger partial charge in [-0.2, -0.15) is 0 Å². The molecule has 0 spiro atoms. The van der Waals surface area contributed by atoms with Crippen LogP contribution in [0.25, 0.3) is 0 Å². The Kier molecular flexibility index (Phi) is 4.61. The third-order valence-corrected chi connectivity index (χ3v) is 2.38. The molecule has 0 radical (unpaired) electrons. The molecule has 0 aliphatic heterocycles. The van der Waals surface area contributed by atoms with E-state index in [0.717, 1.165) is 12.1 Å². The van der Waals surface area contributed by atoms with E-state index in [0.29, 0.717) is 6.42 Å². The van der Waals surface area contributed by atoms with Crippen molar-refractivity contribution < 1.29 is 25.2 Å². The minimum absolute atomic E-state index is 0.119. The third-order valence-electron chi connectivity index (χ3n) is 2.38. The predicted molar refractivity (Wildman–Crippen MR) is 64.8 cm³/mol. The summed E-state index contributed by atoms with van der Waals surface area (Å²) in [4.78, 5) is 11.5. The molecule has 1 rings (SSSR count). The number of phenols is 3. The Morgan fingerprint density at radius 3 is 2.28 bits per heavy atom. The fraction of sp³-hybridized carbons (Fsp3) is 0.364. The second kappa shape index (κ2) is 5.97. The molecular weight excluding hydrogens is 240 g/mol. The van der Waals surface area contributed by atoms with Crippen molar-refractivity contribution in [2.24, 2.45) is 0 Å². The predicted octanol–water partition coefficient (Wildman–Crippen LogP) is 0.696. The van der Waals surface area contributed by atoms with E-state index < -0.39 is 23.3 Å². The number of rotatable bonds is 4. The minimum atomic E-state index is -0.650. The second-order valence-electron chi connectivity index (χ2n) is 3.75. The fourth-order valence-corrected chi connectivity index (χ4v) is 1.31. The van der Waals surface area contributed by atoms with Crippen LogP contribution < -0.4 is 10.6 Å². The zero-order valence-electron chi connectivity index (χ0n) is 9.84. The summed E-state index contributed by atoms with van der Waals surface area (Å²) < 4.78 is 0. The number of aromatic hydroxyl groups is 3. The van der Waals surface area contributed by atoms with Crippen LogP contribution in [0.4, 0.5) is 10.5 Å². The van der Waals surface area contributed by atoms with Gasteiger partial charge in [0.1, 0.15) is 0 Å². The molecule has 7 nitrogen and oxygen atoms in total. The van der Waals surface area contributed by atoms with E-state index in [4.69, 9.17) is 10.2 Å². The highest BCUT2D eigenvalue weighted by molar-refractivity contribution is 5.90. The average Bonchev–Trinajstić information content (AvgIpc) is 2.32. The third kappa shape index (κ3) is 3.42. The van der Waals surface area contributed by atoms with E-state index in [1.165, 1.54) is 0 Å². The lowest BCUT2D eigenvalue weighted by Crippen LogP contribution is -2.39. The maximum atomic E-state index is 11.5. The molecule has 0 saturated carbocycles. The van der Waals surface area contributed by atoms with Gasteiger partial charge in [-0.25, -0.2) is 4.79 Å². The maximum absolute atomic E-state index is 11.5. The van der Waals surface area contributed by atoms with E-state index in [-0.39, 0.29) is 18.3 Å². The van der Waals surface area contributed by atoms with E-state index >= 15 is 0 Å². The van der Waals surface area contributed by atoms with Crippen LogP contribution >= 0.6 is 0 Å². The molecule has 1 unspecified atom stereocenters. The van der Waals surface area contributed by atoms with Crippen LogP contribution in [-0.2, 0) is 0 Å². The smallest absolute Gasteiger partial charge is 0.319 e. The summed E-state index contributed by atoms with van der Waals surface area (Å²) in [6.45, 7) is 1.62. The molecule has 0 aromatic heterocycles. The lowest BCUT2D eigenvalue weighted by atomic mass is 10.2. The molecule has 0 fully saturated rings. The molecule has 1 atom stereocenters. The monoisotopic (exact) mass is 256 g/mol. The molecule has 1 aromatic carbocycles. The van der Waals surface area contributed by atoms with E-state index in [1.54, 1.807) is 6.92 Å². The van der Waals surface area contributed by atoms with Gasteiger partial charge in [0.15, 0.2) is 17.2 Å². The summed E-state index contributed by atoms with van der Waals surface area (Å²) in [5.74, 6) is -1.73. The van der Waals surface area contributed by atoms with Crippen molar-refractivity contribution in [3.05, 3.63) is 12.1 Å². The normalized spacial score (nSPS) is 11.9. The lowest BCUT2D eigenvalue weighted by molar-refractivity contribution is 0.222. The molecule has 18 heavy (non-hydrogen) atoms. The Balaban J connectivity index is 2.70. The first-order valence-corrected chi connectivity index (χ1v) is 5.41. The van der Waals surface area contributed by atoms with E-state index in [9.17, 15) is 15.0 Å². The first-order valence-electron chi connectivity index (χ1n) is 5.41. The number of urea groups is 1. The number of aliphatic hydroxyl groups excluding tert-OH is 1. The number of amides is 2. The van der Waals surface area contributed by atoms with Crippen molar-refractivity contribution in [1.29, 1.82) is 0 Å². The molecule has 7 heteroatoms. The zero-order valence-corrected chi connectivity index (χ0v) is 9.84. The SMILES string of the molecule is CCC(CO)NC(=O)Nc1cc(O)c(O)c(O)c1. The molecule has 0 saturated heterocycles. The van der Waals surface area contributed by atoms with Gasteiger partial charge < -0.3 is 31.1 Å². The molecule has 0 aliphatic carbocycles. The number of aliphatic hydroxyl groups is 1. The number of hydrogen-bond acceptors (Lipinski definition) is 5. The van der Waals surface area contributed by atoms with Crippen molar-refractivity contribution in [2.75, 3.05) is 11.9 Å². The summed E-state index contributed by atoms with van der Waals surface area (Å²) in [5, 5.41) is 41.4. The number of carbonyl (C=O) groups is 1. The summed E-state index contributed by atoms with van der Waals surface area (Å²) in [6, 6.07) is 1.23. The first kappa shape index (κ1) is 13.9. The van der Waals surface area contributed by atoms with Crippen molar-refractivity contribution >= 4 is 11.7 Å². The Morgan fingerprint density at radius 2 is 1.83 bits per heavy atom. The van der Waals surface area contributed by atoms with E-state index in [1.807, 2.05) is 0 Å². The summed E-state index contributed by atoms with van der Waals surface area (Å²) in [7, 11) is 0. The lowest BCUT2D eigenvalue weighted by Gasteiger charge is -2.15. The van der Waals surface area contributed by atoms with Gasteiger partial charge in [0, 0.05) is 12.1 Å². The molecule has 1 aromatic rings. The Morgan fingerprint density at radius 1 is 1.28 bits per heavy atom. The number of hydrogen-bond donors (Lipinski definition) is 6.